The zero-order valence-corrected chi connectivity index (χ0v) is 17.8. The summed E-state index contributed by atoms with van der Waals surface area (Å²) in [7, 11) is 3.23. The Hall–Kier alpha value is -3.94. The molecule has 0 aliphatic carbocycles. The van der Waals surface area contributed by atoms with Crippen molar-refractivity contribution in [3.63, 3.8) is 0 Å². The monoisotopic (exact) mass is 417 g/mol. The molecule has 1 N–H and O–H groups in total. The molecule has 2 aromatic heterocycles. The highest BCUT2D eigenvalue weighted by Gasteiger charge is 2.17. The molecule has 2 heterocycles. The van der Waals surface area contributed by atoms with Gasteiger partial charge in [0.15, 0.2) is 5.82 Å². The maximum Gasteiger partial charge on any atom is 0.253 e. The van der Waals surface area contributed by atoms with E-state index in [2.05, 4.69) is 20.4 Å². The quantitative estimate of drug-likeness (QED) is 0.515. The second kappa shape index (κ2) is 8.43. The first-order valence-corrected chi connectivity index (χ1v) is 9.79. The molecule has 31 heavy (non-hydrogen) atoms. The molecule has 8 heteroatoms. The third kappa shape index (κ3) is 4.18. The molecule has 0 fully saturated rings. The molecule has 158 valence electrons. The van der Waals surface area contributed by atoms with Gasteiger partial charge in [0, 0.05) is 28.2 Å². The van der Waals surface area contributed by atoms with Crippen LogP contribution in [0.2, 0.25) is 0 Å². The fourth-order valence-electron chi connectivity index (χ4n) is 3.37. The molecule has 4 aromatic rings. The number of ether oxygens (including phenoxy) is 2. The molecule has 0 aliphatic heterocycles. The molecule has 4 rings (SSSR count). The molecule has 0 saturated heterocycles. The Morgan fingerprint density at radius 1 is 0.935 bits per heavy atom. The molecule has 0 radical (unpaired) electrons. The van der Waals surface area contributed by atoms with Crippen molar-refractivity contribution in [2.24, 2.45) is 0 Å². The number of aryl methyl sites for hydroxylation is 2. The maximum atomic E-state index is 12.6. The van der Waals surface area contributed by atoms with Crippen LogP contribution in [0.3, 0.4) is 0 Å². The Labute approximate surface area is 179 Å². The summed E-state index contributed by atoms with van der Waals surface area (Å²) in [5, 5.41) is 7.51. The largest absolute Gasteiger partial charge is 0.497 e. The molecule has 8 nitrogen and oxygen atoms in total. The number of nitrogens with zero attached hydrogens (tertiary/aromatic N) is 4. The van der Waals surface area contributed by atoms with Crippen molar-refractivity contribution in [2.45, 2.75) is 20.3 Å². The zero-order valence-electron chi connectivity index (χ0n) is 17.8. The van der Waals surface area contributed by atoms with Gasteiger partial charge < -0.3 is 14.8 Å². The van der Waals surface area contributed by atoms with Crippen LogP contribution in [-0.4, -0.2) is 39.7 Å². The predicted octanol–water partition coefficient (Wildman–Crippen LogP) is 3.61. The van der Waals surface area contributed by atoms with Crippen molar-refractivity contribution in [1.29, 1.82) is 0 Å². The van der Waals surface area contributed by atoms with E-state index >= 15 is 0 Å². The SMILES string of the molecule is COc1ccc(NC(=O)Cc2c(C)nc3nc(-c4ccc(OC)cc4)nn3c2C)cc1. The van der Waals surface area contributed by atoms with Crippen molar-refractivity contribution < 1.29 is 14.3 Å². The lowest BCUT2D eigenvalue weighted by molar-refractivity contribution is -0.115. The maximum absolute atomic E-state index is 12.6. The van der Waals surface area contributed by atoms with Crippen molar-refractivity contribution in [2.75, 3.05) is 19.5 Å². The minimum absolute atomic E-state index is 0.131. The van der Waals surface area contributed by atoms with Gasteiger partial charge in [-0.3, -0.25) is 4.79 Å². The number of aromatic nitrogens is 4. The van der Waals surface area contributed by atoms with E-state index in [-0.39, 0.29) is 12.3 Å². The van der Waals surface area contributed by atoms with Gasteiger partial charge in [-0.2, -0.15) is 4.98 Å². The number of hydrogen-bond donors (Lipinski definition) is 1. The number of carbonyl (C=O) groups excluding carboxylic acids is 1. The summed E-state index contributed by atoms with van der Waals surface area (Å²) < 4.78 is 12.0. The molecule has 0 saturated carbocycles. The molecular formula is C23H23N5O3. The topological polar surface area (TPSA) is 90.6 Å². The highest BCUT2D eigenvalue weighted by Crippen LogP contribution is 2.22. The minimum atomic E-state index is -0.131. The van der Waals surface area contributed by atoms with Gasteiger partial charge in [-0.05, 0) is 62.4 Å². The van der Waals surface area contributed by atoms with Crippen LogP contribution < -0.4 is 14.8 Å². The van der Waals surface area contributed by atoms with E-state index in [0.717, 1.165) is 34.0 Å². The van der Waals surface area contributed by atoms with E-state index < -0.39 is 0 Å². The van der Waals surface area contributed by atoms with E-state index in [4.69, 9.17) is 9.47 Å². The Bertz CT molecular complexity index is 1230. The fourth-order valence-corrected chi connectivity index (χ4v) is 3.37. The fraction of sp³-hybridized carbons (Fsp3) is 0.217. The second-order valence-corrected chi connectivity index (χ2v) is 7.09. The van der Waals surface area contributed by atoms with Crippen molar-refractivity contribution in [1.82, 2.24) is 19.6 Å². The first-order valence-electron chi connectivity index (χ1n) is 9.79. The van der Waals surface area contributed by atoms with Gasteiger partial charge in [-0.1, -0.05) is 0 Å². The van der Waals surface area contributed by atoms with Crippen LogP contribution in [0, 0.1) is 13.8 Å². The van der Waals surface area contributed by atoms with Crippen LogP contribution in [0.4, 0.5) is 5.69 Å². The Balaban J connectivity index is 1.59. The number of hydrogen-bond acceptors (Lipinski definition) is 6. The number of fused-ring (bicyclic) bond motifs is 1. The van der Waals surface area contributed by atoms with Gasteiger partial charge in [0.25, 0.3) is 5.78 Å². The van der Waals surface area contributed by atoms with E-state index in [1.54, 1.807) is 43.0 Å². The summed E-state index contributed by atoms with van der Waals surface area (Å²) >= 11 is 0. The minimum Gasteiger partial charge on any atom is -0.497 e. The van der Waals surface area contributed by atoms with E-state index in [1.807, 2.05) is 38.1 Å². The number of amides is 1. The smallest absolute Gasteiger partial charge is 0.253 e. The highest BCUT2D eigenvalue weighted by atomic mass is 16.5. The second-order valence-electron chi connectivity index (χ2n) is 7.09. The lowest BCUT2D eigenvalue weighted by Gasteiger charge is -2.11. The van der Waals surface area contributed by atoms with Crippen LogP contribution >= 0.6 is 0 Å². The van der Waals surface area contributed by atoms with Crippen LogP contribution in [-0.2, 0) is 11.2 Å². The molecule has 0 unspecified atom stereocenters. The first-order chi connectivity index (χ1) is 15.0. The van der Waals surface area contributed by atoms with E-state index in [9.17, 15) is 4.79 Å². The highest BCUT2D eigenvalue weighted by molar-refractivity contribution is 5.92. The standard InChI is InChI=1S/C23H23N5O3/c1-14-20(13-21(29)25-17-7-11-19(31-4)12-8-17)15(2)28-23(24-14)26-22(27-28)16-5-9-18(30-3)10-6-16/h5-12H,13H2,1-4H3,(H,25,29). The van der Waals surface area contributed by atoms with Gasteiger partial charge in [-0.15, -0.1) is 5.10 Å². The van der Waals surface area contributed by atoms with Crippen molar-refractivity contribution in [3.8, 4) is 22.9 Å². The molecular weight excluding hydrogens is 394 g/mol. The third-order valence-electron chi connectivity index (χ3n) is 5.11. The Morgan fingerprint density at radius 3 is 2.16 bits per heavy atom. The average Bonchev–Trinajstić information content (AvgIpc) is 3.21. The van der Waals surface area contributed by atoms with E-state index in [1.165, 1.54) is 0 Å². The lowest BCUT2D eigenvalue weighted by atomic mass is 10.1. The van der Waals surface area contributed by atoms with Gasteiger partial charge in [0.1, 0.15) is 11.5 Å². The number of nitrogens with one attached hydrogen (secondary N) is 1. The summed E-state index contributed by atoms with van der Waals surface area (Å²) in [6, 6.07) is 14.7. The van der Waals surface area contributed by atoms with Crippen LogP contribution in [0.25, 0.3) is 17.2 Å². The number of carbonyl (C=O) groups is 1. The van der Waals surface area contributed by atoms with Gasteiger partial charge in [0.05, 0.1) is 20.6 Å². The van der Waals surface area contributed by atoms with Crippen LogP contribution in [0.15, 0.2) is 48.5 Å². The summed E-state index contributed by atoms with van der Waals surface area (Å²) in [6.45, 7) is 3.80. The summed E-state index contributed by atoms with van der Waals surface area (Å²) in [6.07, 6.45) is 0.185. The molecule has 0 bridgehead atoms. The molecule has 0 aliphatic rings. The van der Waals surface area contributed by atoms with Crippen LogP contribution in [0.1, 0.15) is 17.0 Å². The van der Waals surface area contributed by atoms with Gasteiger partial charge in [0.2, 0.25) is 5.91 Å². The summed E-state index contributed by atoms with van der Waals surface area (Å²) in [5.41, 5.74) is 3.98. The summed E-state index contributed by atoms with van der Waals surface area (Å²) in [4.78, 5) is 21.8. The molecule has 0 atom stereocenters. The van der Waals surface area contributed by atoms with Crippen molar-refractivity contribution >= 4 is 17.4 Å². The molecule has 0 spiro atoms. The summed E-state index contributed by atoms with van der Waals surface area (Å²) in [5.74, 6) is 2.44. The lowest BCUT2D eigenvalue weighted by Crippen LogP contribution is -2.17. The number of anilines is 1. The number of methoxy groups -OCH3 is 2. The molecule has 2 aromatic carbocycles. The normalized spacial score (nSPS) is 10.8. The average molecular weight is 417 g/mol. The third-order valence-corrected chi connectivity index (χ3v) is 5.11. The number of rotatable bonds is 6. The predicted molar refractivity (Wildman–Crippen MR) is 118 cm³/mol. The Morgan fingerprint density at radius 2 is 1.55 bits per heavy atom. The molecule has 1 amide bonds. The number of benzene rings is 2. The van der Waals surface area contributed by atoms with Crippen molar-refractivity contribution in [3.05, 3.63) is 65.5 Å². The van der Waals surface area contributed by atoms with Gasteiger partial charge in [-0.25, -0.2) is 9.50 Å². The van der Waals surface area contributed by atoms with Gasteiger partial charge >= 0.3 is 0 Å². The first kappa shape index (κ1) is 20.3. The zero-order chi connectivity index (χ0) is 22.0. The Kier molecular flexibility index (Phi) is 5.53. The van der Waals surface area contributed by atoms with E-state index in [0.29, 0.717) is 17.3 Å². The van der Waals surface area contributed by atoms with Crippen LogP contribution in [0.5, 0.6) is 11.5 Å².